The molecule has 0 bridgehead atoms. The van der Waals surface area contributed by atoms with Crippen LogP contribution in [0.25, 0.3) is 6.08 Å². The smallest absolute Gasteiger partial charge is 0.274 e. The van der Waals surface area contributed by atoms with Gasteiger partial charge in [0.1, 0.15) is 0 Å². The minimum atomic E-state index is -0.622. The van der Waals surface area contributed by atoms with E-state index in [4.69, 9.17) is 9.47 Å². The molecule has 2 aliphatic heterocycles. The standard InChI is InChI=1S/C20H28N2O4S/c1-12(2)15-9-13-8-14(22(23)24)10-16(25-7)18(13)26-20(15)21(6)11-17(27-20)19(3,4)5/h8-10,12,17H,11H2,1-7H3. The summed E-state index contributed by atoms with van der Waals surface area (Å²) in [6.07, 6.45) is 2.05. The first-order chi connectivity index (χ1) is 12.5. The molecule has 0 radical (unpaired) electrons. The zero-order valence-electron chi connectivity index (χ0n) is 17.0. The van der Waals surface area contributed by atoms with Crippen molar-refractivity contribution in [2.45, 2.75) is 44.9 Å². The zero-order valence-corrected chi connectivity index (χ0v) is 17.8. The van der Waals surface area contributed by atoms with E-state index in [1.165, 1.54) is 13.2 Å². The van der Waals surface area contributed by atoms with E-state index < -0.39 is 9.98 Å². The number of nitrogens with zero attached hydrogens (tertiary/aromatic N) is 2. The lowest BCUT2D eigenvalue weighted by Crippen LogP contribution is -2.48. The van der Waals surface area contributed by atoms with Crippen LogP contribution in [0.5, 0.6) is 11.5 Å². The lowest BCUT2D eigenvalue weighted by Gasteiger charge is -2.42. The predicted octanol–water partition coefficient (Wildman–Crippen LogP) is 4.78. The van der Waals surface area contributed by atoms with Gasteiger partial charge in [-0.15, -0.1) is 0 Å². The average Bonchev–Trinajstić information content (AvgIpc) is 2.90. The second kappa shape index (κ2) is 6.71. The van der Waals surface area contributed by atoms with Gasteiger partial charge in [-0.1, -0.05) is 46.4 Å². The largest absolute Gasteiger partial charge is 0.493 e. The summed E-state index contributed by atoms with van der Waals surface area (Å²) in [7, 11) is 3.60. The maximum Gasteiger partial charge on any atom is 0.274 e. The lowest BCUT2D eigenvalue weighted by molar-refractivity contribution is -0.385. The minimum absolute atomic E-state index is 0.00417. The topological polar surface area (TPSA) is 64.8 Å². The Morgan fingerprint density at radius 1 is 1.41 bits per heavy atom. The molecule has 1 fully saturated rings. The van der Waals surface area contributed by atoms with Gasteiger partial charge in [0.05, 0.1) is 18.1 Å². The number of rotatable bonds is 3. The second-order valence-corrected chi connectivity index (χ2v) is 9.97. The predicted molar refractivity (Wildman–Crippen MR) is 109 cm³/mol. The summed E-state index contributed by atoms with van der Waals surface area (Å²) in [4.78, 5) is 13.2. The van der Waals surface area contributed by atoms with E-state index in [1.807, 2.05) is 17.8 Å². The summed E-state index contributed by atoms with van der Waals surface area (Å²) in [6.45, 7) is 11.9. The van der Waals surface area contributed by atoms with Crippen LogP contribution in [0.4, 0.5) is 5.69 Å². The number of fused-ring (bicyclic) bond motifs is 1. The second-order valence-electron chi connectivity index (χ2n) is 8.61. The molecular formula is C20H28N2O4S. The molecule has 0 aliphatic carbocycles. The number of methoxy groups -OCH3 is 1. The van der Waals surface area contributed by atoms with E-state index in [1.54, 1.807) is 6.07 Å². The Balaban J connectivity index is 2.16. The van der Waals surface area contributed by atoms with Crippen LogP contribution in [-0.2, 0) is 0 Å². The maximum absolute atomic E-state index is 11.3. The van der Waals surface area contributed by atoms with Crippen LogP contribution in [0.15, 0.2) is 17.7 Å². The highest BCUT2D eigenvalue weighted by Gasteiger charge is 2.54. The number of hydrogen-bond acceptors (Lipinski definition) is 6. The summed E-state index contributed by atoms with van der Waals surface area (Å²) in [5.41, 5.74) is 1.96. The molecule has 2 heterocycles. The van der Waals surface area contributed by atoms with Gasteiger partial charge in [-0.3, -0.25) is 15.0 Å². The molecule has 2 aliphatic rings. The number of benzene rings is 1. The Labute approximate surface area is 165 Å². The van der Waals surface area contributed by atoms with Gasteiger partial charge in [0.25, 0.3) is 5.69 Å². The van der Waals surface area contributed by atoms with Crippen LogP contribution in [0.2, 0.25) is 0 Å². The van der Waals surface area contributed by atoms with Crippen molar-refractivity contribution in [3.63, 3.8) is 0 Å². The number of nitro groups is 1. The number of nitro benzene ring substituents is 1. The van der Waals surface area contributed by atoms with Crippen molar-refractivity contribution in [3.05, 3.63) is 33.4 Å². The van der Waals surface area contributed by atoms with Crippen LogP contribution in [-0.4, -0.2) is 40.8 Å². The van der Waals surface area contributed by atoms with Gasteiger partial charge < -0.3 is 9.47 Å². The molecular weight excluding hydrogens is 364 g/mol. The lowest BCUT2D eigenvalue weighted by atomic mass is 9.91. The van der Waals surface area contributed by atoms with E-state index in [-0.39, 0.29) is 17.0 Å². The van der Waals surface area contributed by atoms with Gasteiger partial charge in [-0.05, 0) is 24.5 Å². The first-order valence-corrected chi connectivity index (χ1v) is 10.0. The van der Waals surface area contributed by atoms with Crippen LogP contribution >= 0.6 is 11.8 Å². The fourth-order valence-corrected chi connectivity index (χ4v) is 5.45. The Bertz CT molecular complexity index is 800. The molecule has 7 heteroatoms. The Kier molecular flexibility index (Phi) is 4.97. The summed E-state index contributed by atoms with van der Waals surface area (Å²) in [5, 5.41) is 11.1. The van der Waals surface area contributed by atoms with E-state index in [0.717, 1.165) is 12.1 Å². The molecule has 0 saturated carbocycles. The molecule has 6 nitrogen and oxygen atoms in total. The molecule has 1 spiro atoms. The Morgan fingerprint density at radius 2 is 2.07 bits per heavy atom. The normalized spacial score (nSPS) is 25.3. The molecule has 1 aromatic rings. The average molecular weight is 393 g/mol. The van der Waals surface area contributed by atoms with Crippen molar-refractivity contribution in [3.8, 4) is 11.5 Å². The van der Waals surface area contributed by atoms with Crippen LogP contribution < -0.4 is 9.47 Å². The first-order valence-electron chi connectivity index (χ1n) is 9.16. The van der Waals surface area contributed by atoms with E-state index in [0.29, 0.717) is 22.3 Å². The molecule has 0 aromatic heterocycles. The van der Waals surface area contributed by atoms with E-state index >= 15 is 0 Å². The van der Waals surface area contributed by atoms with Crippen LogP contribution in [0.3, 0.4) is 0 Å². The molecule has 148 valence electrons. The monoisotopic (exact) mass is 392 g/mol. The number of likely N-dealkylation sites (N-methyl/N-ethyl adjacent to an activating group) is 1. The van der Waals surface area contributed by atoms with Gasteiger partial charge in [-0.25, -0.2) is 0 Å². The zero-order chi connectivity index (χ0) is 20.1. The highest BCUT2D eigenvalue weighted by atomic mass is 32.2. The van der Waals surface area contributed by atoms with Gasteiger partial charge in [0.15, 0.2) is 11.5 Å². The maximum atomic E-state index is 11.3. The van der Waals surface area contributed by atoms with Crippen LogP contribution in [0, 0.1) is 21.4 Å². The minimum Gasteiger partial charge on any atom is -0.493 e. The summed E-state index contributed by atoms with van der Waals surface area (Å²) >= 11 is 1.82. The Morgan fingerprint density at radius 3 is 2.56 bits per heavy atom. The fraction of sp³-hybridized carbons (Fsp3) is 0.600. The van der Waals surface area contributed by atoms with Crippen molar-refractivity contribution < 1.29 is 14.4 Å². The number of ether oxygens (including phenoxy) is 2. The fourth-order valence-electron chi connectivity index (χ4n) is 3.60. The van der Waals surface area contributed by atoms with Crippen molar-refractivity contribution >= 4 is 23.5 Å². The summed E-state index contributed by atoms with van der Waals surface area (Å²) in [6, 6.07) is 3.00. The number of thioether (sulfide) groups is 1. The molecule has 2 atom stereocenters. The van der Waals surface area contributed by atoms with Gasteiger partial charge in [0, 0.05) is 29.0 Å². The third-order valence-electron chi connectivity index (χ3n) is 5.25. The van der Waals surface area contributed by atoms with Gasteiger partial charge in [-0.2, -0.15) is 0 Å². The molecule has 0 N–H and O–H groups in total. The number of non-ortho nitro benzene ring substituents is 1. The van der Waals surface area contributed by atoms with Gasteiger partial charge in [0.2, 0.25) is 5.06 Å². The summed E-state index contributed by atoms with van der Waals surface area (Å²) in [5.74, 6) is 1.20. The highest BCUT2D eigenvalue weighted by molar-refractivity contribution is 8.01. The van der Waals surface area contributed by atoms with Crippen molar-refractivity contribution in [1.29, 1.82) is 0 Å². The Hall–Kier alpha value is -1.73. The van der Waals surface area contributed by atoms with E-state index in [2.05, 4.69) is 46.6 Å². The highest BCUT2D eigenvalue weighted by Crippen LogP contribution is 2.56. The van der Waals surface area contributed by atoms with E-state index in [9.17, 15) is 10.1 Å². The SMILES string of the molecule is COc1cc([N+](=O)[O-])cc2c1OC1(SC(C(C)(C)C)CN1C)C(C(C)C)=C2. The molecule has 0 amide bonds. The van der Waals surface area contributed by atoms with Crippen molar-refractivity contribution in [2.24, 2.45) is 11.3 Å². The van der Waals surface area contributed by atoms with Crippen molar-refractivity contribution in [1.82, 2.24) is 4.90 Å². The van der Waals surface area contributed by atoms with Crippen LogP contribution in [0.1, 0.15) is 40.2 Å². The first kappa shape index (κ1) is 20.0. The van der Waals surface area contributed by atoms with Gasteiger partial charge >= 0.3 is 0 Å². The third-order valence-corrected chi connectivity index (χ3v) is 7.34. The molecule has 1 saturated heterocycles. The summed E-state index contributed by atoms with van der Waals surface area (Å²) < 4.78 is 12.1. The van der Waals surface area contributed by atoms with Crippen molar-refractivity contribution in [2.75, 3.05) is 20.7 Å². The quantitative estimate of drug-likeness (QED) is 0.545. The third kappa shape index (κ3) is 3.31. The molecule has 2 unspecified atom stereocenters. The molecule has 27 heavy (non-hydrogen) atoms. The molecule has 1 aromatic carbocycles. The number of hydrogen-bond donors (Lipinski definition) is 0. The molecule has 3 rings (SSSR count).